The number of anilines is 3. The minimum absolute atomic E-state index is 0.197. The summed E-state index contributed by atoms with van der Waals surface area (Å²) in [6.07, 6.45) is -9.13. The van der Waals surface area contributed by atoms with Crippen molar-refractivity contribution in [1.82, 2.24) is 9.97 Å². The number of hydrogen-bond donors (Lipinski definition) is 2. The number of rotatable bonds is 6. The third-order valence-electron chi connectivity index (χ3n) is 4.66. The Bertz CT molecular complexity index is 1240. The van der Waals surface area contributed by atoms with Crippen molar-refractivity contribution in [3.63, 3.8) is 0 Å². The molecule has 13 heteroatoms. The molecule has 0 bridgehead atoms. The number of benzene rings is 1. The molecule has 0 unspecified atom stereocenters. The van der Waals surface area contributed by atoms with E-state index in [1.54, 1.807) is 6.92 Å². The van der Waals surface area contributed by atoms with Gasteiger partial charge in [-0.3, -0.25) is 4.79 Å². The minimum Gasteiger partial charge on any atom is -0.481 e. The number of halogens is 6. The summed E-state index contributed by atoms with van der Waals surface area (Å²) in [5.41, 5.74) is -0.584. The molecule has 0 fully saturated rings. The quantitative estimate of drug-likeness (QED) is 0.403. The van der Waals surface area contributed by atoms with Crippen LogP contribution in [0.4, 0.5) is 43.5 Å². The Hall–Kier alpha value is -4.03. The Morgan fingerprint density at radius 2 is 1.66 bits per heavy atom. The Morgan fingerprint density at radius 3 is 2.23 bits per heavy atom. The highest BCUT2D eigenvalue weighted by Crippen LogP contribution is 2.33. The molecule has 186 valence electrons. The molecule has 0 aliphatic carbocycles. The van der Waals surface area contributed by atoms with Crippen LogP contribution in [0.5, 0.6) is 11.6 Å². The Kier molecular flexibility index (Phi) is 7.08. The van der Waals surface area contributed by atoms with Crippen LogP contribution < -0.4 is 20.1 Å². The second-order valence-corrected chi connectivity index (χ2v) is 7.21. The molecule has 0 radical (unpaired) electrons. The minimum atomic E-state index is -4.89. The lowest BCUT2D eigenvalue weighted by atomic mass is 10.1. The van der Waals surface area contributed by atoms with Crippen molar-refractivity contribution < 1.29 is 40.6 Å². The first-order chi connectivity index (χ1) is 16.3. The van der Waals surface area contributed by atoms with Crippen LogP contribution in [0, 0.1) is 13.8 Å². The average Bonchev–Trinajstić information content (AvgIpc) is 2.75. The van der Waals surface area contributed by atoms with E-state index in [0.29, 0.717) is 18.0 Å². The summed E-state index contributed by atoms with van der Waals surface area (Å²) in [6.45, 7) is 3.01. The molecule has 0 aliphatic rings. The number of alkyl halides is 6. The average molecular weight is 500 g/mol. The first-order valence-corrected chi connectivity index (χ1v) is 9.80. The van der Waals surface area contributed by atoms with Gasteiger partial charge in [-0.1, -0.05) is 0 Å². The fourth-order valence-electron chi connectivity index (χ4n) is 2.97. The number of hydrogen-bond acceptors (Lipinski definition) is 6. The van der Waals surface area contributed by atoms with Crippen molar-refractivity contribution in [2.45, 2.75) is 26.4 Å². The molecule has 2 N–H and O–H groups in total. The zero-order valence-corrected chi connectivity index (χ0v) is 18.4. The first kappa shape index (κ1) is 25.6. The van der Waals surface area contributed by atoms with Gasteiger partial charge in [0.05, 0.1) is 29.6 Å². The lowest BCUT2D eigenvalue weighted by Gasteiger charge is -2.17. The highest BCUT2D eigenvalue weighted by molar-refractivity contribution is 6.08. The van der Waals surface area contributed by atoms with Crippen molar-refractivity contribution in [1.29, 1.82) is 0 Å². The standard InChI is InChI=1S/C22H18F6N4O3/c1-11-8-14(35-22(26,27)28)4-5-16(11)31-19-15(9-13(10-29-19)21(23,24)25)20(33)32-17-6-7-18(34-3)30-12(17)2/h4-10H,1-3H3,(H,29,31)(H,32,33). The summed E-state index contributed by atoms with van der Waals surface area (Å²) in [5.74, 6) is -1.38. The fraction of sp³-hybridized carbons (Fsp3) is 0.227. The van der Waals surface area contributed by atoms with E-state index >= 15 is 0 Å². The van der Waals surface area contributed by atoms with E-state index in [9.17, 15) is 31.1 Å². The summed E-state index contributed by atoms with van der Waals surface area (Å²) < 4.78 is 86.0. The number of nitrogens with one attached hydrogen (secondary N) is 2. The summed E-state index contributed by atoms with van der Waals surface area (Å²) in [7, 11) is 1.40. The maximum atomic E-state index is 13.3. The molecule has 0 aliphatic heterocycles. The third-order valence-corrected chi connectivity index (χ3v) is 4.66. The van der Waals surface area contributed by atoms with Gasteiger partial charge >= 0.3 is 12.5 Å². The van der Waals surface area contributed by atoms with Gasteiger partial charge in [0.1, 0.15) is 11.6 Å². The van der Waals surface area contributed by atoms with Gasteiger partial charge in [0.2, 0.25) is 5.88 Å². The smallest absolute Gasteiger partial charge is 0.481 e. The first-order valence-electron chi connectivity index (χ1n) is 9.80. The van der Waals surface area contributed by atoms with Gasteiger partial charge < -0.3 is 20.1 Å². The van der Waals surface area contributed by atoms with Crippen molar-refractivity contribution in [2.75, 3.05) is 17.7 Å². The van der Waals surface area contributed by atoms with Crippen LogP contribution >= 0.6 is 0 Å². The Balaban J connectivity index is 1.96. The maximum Gasteiger partial charge on any atom is 0.573 e. The number of aryl methyl sites for hydroxylation is 2. The number of carbonyl (C=O) groups is 1. The van der Waals surface area contributed by atoms with Crippen LogP contribution in [0.2, 0.25) is 0 Å². The predicted octanol–water partition coefficient (Wildman–Crippen LogP) is 6.02. The Labute approximate surface area is 195 Å². The van der Waals surface area contributed by atoms with Gasteiger partial charge in [-0.2, -0.15) is 13.2 Å². The largest absolute Gasteiger partial charge is 0.573 e. The monoisotopic (exact) mass is 500 g/mol. The highest BCUT2D eigenvalue weighted by atomic mass is 19.4. The molecular weight excluding hydrogens is 482 g/mol. The van der Waals surface area contributed by atoms with Crippen molar-refractivity contribution in [2.24, 2.45) is 0 Å². The van der Waals surface area contributed by atoms with E-state index in [4.69, 9.17) is 4.74 Å². The van der Waals surface area contributed by atoms with Gasteiger partial charge in [0, 0.05) is 18.0 Å². The molecule has 35 heavy (non-hydrogen) atoms. The molecule has 1 amide bonds. The highest BCUT2D eigenvalue weighted by Gasteiger charge is 2.33. The zero-order valence-electron chi connectivity index (χ0n) is 18.4. The lowest BCUT2D eigenvalue weighted by molar-refractivity contribution is -0.274. The molecule has 0 spiro atoms. The molecule has 0 saturated heterocycles. The van der Waals surface area contributed by atoms with Gasteiger partial charge in [-0.15, -0.1) is 13.2 Å². The molecule has 2 heterocycles. The van der Waals surface area contributed by atoms with E-state index < -0.39 is 35.3 Å². The molecule has 3 aromatic rings. The molecule has 0 saturated carbocycles. The molecule has 3 rings (SSSR count). The number of methoxy groups -OCH3 is 1. The molecule has 0 atom stereocenters. The van der Waals surface area contributed by atoms with Gasteiger partial charge in [-0.25, -0.2) is 9.97 Å². The van der Waals surface area contributed by atoms with Crippen molar-refractivity contribution in [3.05, 3.63) is 65.0 Å². The van der Waals surface area contributed by atoms with Crippen LogP contribution in [-0.4, -0.2) is 29.3 Å². The zero-order chi connectivity index (χ0) is 26.0. The van der Waals surface area contributed by atoms with E-state index in [1.165, 1.54) is 32.2 Å². The van der Waals surface area contributed by atoms with Gasteiger partial charge in [0.25, 0.3) is 5.91 Å². The summed E-state index contributed by atoms with van der Waals surface area (Å²) >= 11 is 0. The molecule has 7 nitrogen and oxygen atoms in total. The van der Waals surface area contributed by atoms with E-state index in [1.807, 2.05) is 0 Å². The van der Waals surface area contributed by atoms with E-state index in [0.717, 1.165) is 12.1 Å². The van der Waals surface area contributed by atoms with Crippen LogP contribution in [0.3, 0.4) is 0 Å². The number of aromatic nitrogens is 2. The summed E-state index contributed by atoms with van der Waals surface area (Å²) in [6, 6.07) is 6.85. The number of ether oxygens (including phenoxy) is 2. The van der Waals surface area contributed by atoms with Crippen LogP contribution in [0.1, 0.15) is 27.2 Å². The predicted molar refractivity (Wildman–Crippen MR) is 114 cm³/mol. The van der Waals surface area contributed by atoms with E-state index in [2.05, 4.69) is 25.3 Å². The number of nitrogens with zero attached hydrogens (tertiary/aromatic N) is 2. The topological polar surface area (TPSA) is 85.4 Å². The SMILES string of the molecule is COc1ccc(NC(=O)c2cc(C(F)(F)F)cnc2Nc2ccc(OC(F)(F)F)cc2C)c(C)n1. The molecule has 1 aromatic carbocycles. The van der Waals surface area contributed by atoms with Gasteiger partial charge in [0.15, 0.2) is 0 Å². The van der Waals surface area contributed by atoms with Crippen LogP contribution in [-0.2, 0) is 6.18 Å². The number of pyridine rings is 2. The van der Waals surface area contributed by atoms with Crippen LogP contribution in [0.25, 0.3) is 0 Å². The summed E-state index contributed by atoms with van der Waals surface area (Å²) in [4.78, 5) is 20.8. The Morgan fingerprint density at radius 1 is 0.971 bits per heavy atom. The molecular formula is C22H18F6N4O3. The number of amides is 1. The normalized spacial score (nSPS) is 11.7. The second kappa shape index (κ2) is 9.68. The van der Waals surface area contributed by atoms with Gasteiger partial charge in [-0.05, 0) is 49.7 Å². The van der Waals surface area contributed by atoms with Crippen molar-refractivity contribution in [3.8, 4) is 11.6 Å². The van der Waals surface area contributed by atoms with Crippen molar-refractivity contribution >= 4 is 23.1 Å². The van der Waals surface area contributed by atoms with E-state index in [-0.39, 0.29) is 28.6 Å². The fourth-order valence-corrected chi connectivity index (χ4v) is 2.97. The number of carbonyl (C=O) groups excluding carboxylic acids is 1. The maximum absolute atomic E-state index is 13.3. The van der Waals surface area contributed by atoms with Crippen LogP contribution in [0.15, 0.2) is 42.6 Å². The third kappa shape index (κ3) is 6.52. The second-order valence-electron chi connectivity index (χ2n) is 7.21. The summed E-state index contributed by atoms with van der Waals surface area (Å²) in [5, 5.41) is 5.18. The lowest BCUT2D eigenvalue weighted by Crippen LogP contribution is -2.18. The molecule has 2 aromatic heterocycles.